The van der Waals surface area contributed by atoms with Gasteiger partial charge in [0.2, 0.25) is 5.88 Å². The van der Waals surface area contributed by atoms with Crippen LogP contribution in [0.4, 0.5) is 18.0 Å². The van der Waals surface area contributed by atoms with Gasteiger partial charge in [-0.1, -0.05) is 6.58 Å². The minimum atomic E-state index is -1.70. The fourth-order valence-corrected chi connectivity index (χ4v) is 1.42. The van der Waals surface area contributed by atoms with E-state index < -0.39 is 32.2 Å². The predicted octanol–water partition coefficient (Wildman–Crippen LogP) is 2.44. The maximum absolute atomic E-state index is 12.7. The highest BCUT2D eigenvalue weighted by atomic mass is 19.2. The summed E-state index contributed by atoms with van der Waals surface area (Å²) in [6, 6.07) is 2.62. The summed E-state index contributed by atoms with van der Waals surface area (Å²) < 4.78 is 41.7. The third-order valence-electron chi connectivity index (χ3n) is 2.52. The molecule has 22 heavy (non-hydrogen) atoms. The summed E-state index contributed by atoms with van der Waals surface area (Å²) in [5.41, 5.74) is 0.936. The molecule has 1 rings (SSSR count). The third kappa shape index (κ3) is 6.96. The monoisotopic (exact) mass is 317 g/mol. The van der Waals surface area contributed by atoms with Crippen molar-refractivity contribution in [3.05, 3.63) is 36.2 Å². The van der Waals surface area contributed by atoms with Gasteiger partial charge < -0.3 is 15.4 Å². The number of urea groups is 1. The number of rotatable bonds is 9. The van der Waals surface area contributed by atoms with Gasteiger partial charge >= 0.3 is 6.03 Å². The lowest BCUT2D eigenvalue weighted by atomic mass is 10.2. The number of pyridine rings is 1. The molecule has 2 N–H and O–H groups in total. The molecule has 0 saturated carbocycles. The summed E-state index contributed by atoms with van der Waals surface area (Å²) >= 11 is 0. The molecule has 5 nitrogen and oxygen atoms in total. The highest BCUT2D eigenvalue weighted by Crippen LogP contribution is 2.10. The highest BCUT2D eigenvalue weighted by molar-refractivity contribution is 5.75. The molecule has 8 heteroatoms. The van der Waals surface area contributed by atoms with E-state index in [4.69, 9.17) is 4.74 Å². The van der Waals surface area contributed by atoms with Crippen LogP contribution in [-0.4, -0.2) is 37.1 Å². The molecule has 0 fully saturated rings. The molecule has 0 bridgehead atoms. The molecule has 0 aliphatic heterocycles. The average molecular weight is 317 g/mol. The van der Waals surface area contributed by atoms with Gasteiger partial charge in [-0.05, 0) is 11.6 Å². The molecule has 0 spiro atoms. The lowest BCUT2D eigenvalue weighted by molar-refractivity contribution is 0.162. The van der Waals surface area contributed by atoms with Crippen molar-refractivity contribution in [2.45, 2.75) is 19.1 Å². The Balaban J connectivity index is 2.42. The summed E-state index contributed by atoms with van der Waals surface area (Å²) in [5, 5.41) is 4.93. The van der Waals surface area contributed by atoms with Crippen LogP contribution in [0.1, 0.15) is 12.0 Å². The lowest BCUT2D eigenvalue weighted by Gasteiger charge is -2.10. The summed E-state index contributed by atoms with van der Waals surface area (Å²) in [6.45, 7) is 1.51. The Morgan fingerprint density at radius 1 is 1.45 bits per heavy atom. The van der Waals surface area contributed by atoms with E-state index in [0.29, 0.717) is 5.56 Å². The molecule has 1 heterocycles. The normalized spacial score (nSPS) is 11.6. The molecule has 0 saturated heterocycles. The summed E-state index contributed by atoms with van der Waals surface area (Å²) in [5.74, 6) is 0.137. The van der Waals surface area contributed by atoms with Gasteiger partial charge in [0.15, 0.2) is 6.17 Å². The fraction of sp³-hybridized carbons (Fsp3) is 0.429. The van der Waals surface area contributed by atoms with Gasteiger partial charge in [0.1, 0.15) is 13.3 Å². The second-order valence-corrected chi connectivity index (χ2v) is 4.42. The lowest BCUT2D eigenvalue weighted by Crippen LogP contribution is -2.34. The van der Waals surface area contributed by atoms with Gasteiger partial charge in [-0.3, -0.25) is 4.39 Å². The van der Waals surface area contributed by atoms with Crippen LogP contribution >= 0.6 is 0 Å². The number of nitrogens with zero attached hydrogens (tertiary/aromatic N) is 1. The number of ether oxygens (including phenoxy) is 1. The summed E-state index contributed by atoms with van der Waals surface area (Å²) in [6.07, 6.45) is -0.218. The zero-order chi connectivity index (χ0) is 16.4. The Morgan fingerprint density at radius 2 is 2.23 bits per heavy atom. The Kier molecular flexibility index (Phi) is 7.80. The highest BCUT2D eigenvalue weighted by Gasteiger charge is 2.08. The number of alkyl halides is 3. The van der Waals surface area contributed by atoms with E-state index >= 15 is 0 Å². The minimum absolute atomic E-state index is 0.0552. The number of allylic oxidation sites excluding steroid dienone is 1. The van der Waals surface area contributed by atoms with E-state index in [9.17, 15) is 18.0 Å². The average Bonchev–Trinajstić information content (AvgIpc) is 2.51. The maximum Gasteiger partial charge on any atom is 0.319 e. The Hall–Kier alpha value is -2.25. The summed E-state index contributed by atoms with van der Waals surface area (Å²) in [7, 11) is 0. The SMILES string of the molecule is C=C(CCF)NC(=O)NCc1ccnc(OCC(F)CF)c1. The van der Waals surface area contributed by atoms with E-state index in [1.807, 2.05) is 0 Å². The van der Waals surface area contributed by atoms with E-state index in [-0.39, 0.29) is 24.5 Å². The van der Waals surface area contributed by atoms with Gasteiger partial charge in [-0.15, -0.1) is 0 Å². The number of aromatic nitrogens is 1. The summed E-state index contributed by atoms with van der Waals surface area (Å²) in [4.78, 5) is 15.3. The molecule has 0 aromatic carbocycles. The standard InChI is InChI=1S/C14H18F3N3O2/c1-10(2-4-15)20-14(21)19-8-11-3-5-18-13(6-11)22-9-12(17)7-16/h3,5-6,12H,1-2,4,7-9H2,(H2,19,20,21). The molecule has 1 aromatic rings. The number of halogens is 3. The van der Waals surface area contributed by atoms with Crippen LogP contribution in [0, 0.1) is 0 Å². The maximum atomic E-state index is 12.7. The zero-order valence-corrected chi connectivity index (χ0v) is 11.9. The number of hydrogen-bond donors (Lipinski definition) is 2. The van der Waals surface area contributed by atoms with Gasteiger partial charge in [0.05, 0.1) is 6.67 Å². The van der Waals surface area contributed by atoms with Crippen LogP contribution in [-0.2, 0) is 6.54 Å². The molecule has 0 radical (unpaired) electrons. The van der Waals surface area contributed by atoms with E-state index in [2.05, 4.69) is 22.2 Å². The second kappa shape index (κ2) is 9.64. The number of amides is 2. The van der Waals surface area contributed by atoms with Crippen LogP contribution in [0.5, 0.6) is 5.88 Å². The molecule has 0 aliphatic carbocycles. The second-order valence-electron chi connectivity index (χ2n) is 4.42. The van der Waals surface area contributed by atoms with Gasteiger partial charge in [-0.2, -0.15) is 0 Å². The predicted molar refractivity (Wildman–Crippen MR) is 75.7 cm³/mol. The van der Waals surface area contributed by atoms with Crippen molar-refractivity contribution in [3.8, 4) is 5.88 Å². The molecular formula is C14H18F3N3O2. The smallest absolute Gasteiger partial charge is 0.319 e. The Labute approximate surface area is 126 Å². The molecular weight excluding hydrogens is 299 g/mol. The molecule has 0 aliphatic rings. The van der Waals surface area contributed by atoms with Crippen LogP contribution in [0.25, 0.3) is 0 Å². The molecule has 1 unspecified atom stereocenters. The first-order valence-corrected chi connectivity index (χ1v) is 6.61. The van der Waals surface area contributed by atoms with Crippen molar-refractivity contribution in [3.63, 3.8) is 0 Å². The molecule has 2 amide bonds. The largest absolute Gasteiger partial charge is 0.474 e. The number of carbonyl (C=O) groups is 1. The van der Waals surface area contributed by atoms with E-state index in [1.54, 1.807) is 6.07 Å². The minimum Gasteiger partial charge on any atom is -0.474 e. The van der Waals surface area contributed by atoms with Crippen molar-refractivity contribution in [2.24, 2.45) is 0 Å². The Bertz CT molecular complexity index is 500. The fourth-order valence-electron chi connectivity index (χ4n) is 1.42. The van der Waals surface area contributed by atoms with E-state index in [1.165, 1.54) is 12.3 Å². The van der Waals surface area contributed by atoms with Crippen LogP contribution in [0.15, 0.2) is 30.6 Å². The Morgan fingerprint density at radius 3 is 2.91 bits per heavy atom. The van der Waals surface area contributed by atoms with Gasteiger partial charge in [-0.25, -0.2) is 18.6 Å². The van der Waals surface area contributed by atoms with Crippen LogP contribution in [0.3, 0.4) is 0 Å². The van der Waals surface area contributed by atoms with E-state index in [0.717, 1.165) is 0 Å². The number of nitrogens with one attached hydrogen (secondary N) is 2. The van der Waals surface area contributed by atoms with Crippen LogP contribution < -0.4 is 15.4 Å². The van der Waals surface area contributed by atoms with Gasteiger partial charge in [0, 0.05) is 30.9 Å². The first-order chi connectivity index (χ1) is 10.5. The van der Waals surface area contributed by atoms with Crippen LogP contribution in [0.2, 0.25) is 0 Å². The first-order valence-electron chi connectivity index (χ1n) is 6.61. The number of carbonyl (C=O) groups excluding carboxylic acids is 1. The molecule has 1 atom stereocenters. The molecule has 1 aromatic heterocycles. The topological polar surface area (TPSA) is 63.2 Å². The van der Waals surface area contributed by atoms with Gasteiger partial charge in [0.25, 0.3) is 0 Å². The van der Waals surface area contributed by atoms with Crippen molar-refractivity contribution < 1.29 is 22.7 Å². The van der Waals surface area contributed by atoms with Crippen molar-refractivity contribution in [2.75, 3.05) is 20.0 Å². The quantitative estimate of drug-likeness (QED) is 0.735. The van der Waals surface area contributed by atoms with Crippen molar-refractivity contribution >= 4 is 6.03 Å². The number of hydrogen-bond acceptors (Lipinski definition) is 3. The zero-order valence-electron chi connectivity index (χ0n) is 11.9. The molecule has 122 valence electrons. The third-order valence-corrected chi connectivity index (χ3v) is 2.52. The van der Waals surface area contributed by atoms with Crippen molar-refractivity contribution in [1.29, 1.82) is 0 Å². The first kappa shape index (κ1) is 17.8. The van der Waals surface area contributed by atoms with Crippen molar-refractivity contribution in [1.82, 2.24) is 15.6 Å².